The number of rotatable bonds is 4. The second-order valence-electron chi connectivity index (χ2n) is 3.43. The highest BCUT2D eigenvalue weighted by molar-refractivity contribution is 5.05. The third kappa shape index (κ3) is 3.06. The van der Waals surface area contributed by atoms with Gasteiger partial charge in [0.15, 0.2) is 0 Å². The molecule has 2 N–H and O–H groups in total. The molecule has 0 aliphatic rings. The molecule has 0 aromatic rings. The maximum absolute atomic E-state index is 6.14. The van der Waals surface area contributed by atoms with Gasteiger partial charge in [-0.2, -0.15) is 0 Å². The molecule has 0 aliphatic heterocycles. The van der Waals surface area contributed by atoms with Crippen molar-refractivity contribution >= 4 is 0 Å². The second kappa shape index (κ2) is 4.55. The Morgan fingerprint density at radius 1 is 1.36 bits per heavy atom. The van der Waals surface area contributed by atoms with E-state index in [0.717, 1.165) is 12.8 Å². The van der Waals surface area contributed by atoms with Crippen LogP contribution >= 0.6 is 0 Å². The van der Waals surface area contributed by atoms with Crippen LogP contribution in [0.4, 0.5) is 0 Å². The van der Waals surface area contributed by atoms with E-state index in [2.05, 4.69) is 39.8 Å². The van der Waals surface area contributed by atoms with Gasteiger partial charge >= 0.3 is 0 Å². The molecule has 0 aromatic carbocycles. The predicted molar refractivity (Wildman–Crippen MR) is 51.5 cm³/mol. The molecule has 1 unspecified atom stereocenters. The largest absolute Gasteiger partial charge is 0.322 e. The summed E-state index contributed by atoms with van der Waals surface area (Å²) in [7, 11) is 0. The average Bonchev–Trinajstić information content (AvgIpc) is 2.00. The number of nitrogens with two attached hydrogens (primary N) is 1. The van der Waals surface area contributed by atoms with Gasteiger partial charge in [-0.05, 0) is 18.8 Å². The summed E-state index contributed by atoms with van der Waals surface area (Å²) in [4.78, 5) is 0. The fourth-order valence-electron chi connectivity index (χ4n) is 1.06. The van der Waals surface area contributed by atoms with E-state index >= 15 is 0 Å². The Morgan fingerprint density at radius 3 is 2.18 bits per heavy atom. The summed E-state index contributed by atoms with van der Waals surface area (Å²) in [6.45, 7) is 8.61. The molecule has 0 heterocycles. The Kier molecular flexibility index (Phi) is 4.43. The normalized spacial score (nSPS) is 17.6. The molecule has 0 bridgehead atoms. The number of hydrogen-bond donors (Lipinski definition) is 1. The van der Waals surface area contributed by atoms with Crippen molar-refractivity contribution in [2.45, 2.75) is 46.1 Å². The minimum absolute atomic E-state index is 0.0873. The zero-order chi connectivity index (χ0) is 8.91. The molecule has 0 aromatic heterocycles. The Morgan fingerprint density at radius 2 is 1.91 bits per heavy atom. The average molecular weight is 155 g/mol. The third-order valence-electron chi connectivity index (χ3n) is 2.35. The van der Waals surface area contributed by atoms with E-state index in [1.54, 1.807) is 0 Å². The molecule has 0 saturated heterocycles. The zero-order valence-electron chi connectivity index (χ0n) is 8.22. The Balaban J connectivity index is 4.21. The fourth-order valence-corrected chi connectivity index (χ4v) is 1.06. The van der Waals surface area contributed by atoms with Crippen molar-refractivity contribution in [3.8, 4) is 0 Å². The van der Waals surface area contributed by atoms with Crippen LogP contribution < -0.4 is 5.73 Å². The van der Waals surface area contributed by atoms with Crippen molar-refractivity contribution in [3.05, 3.63) is 12.2 Å². The van der Waals surface area contributed by atoms with Crippen molar-refractivity contribution in [2.75, 3.05) is 0 Å². The van der Waals surface area contributed by atoms with E-state index in [1.165, 1.54) is 0 Å². The summed E-state index contributed by atoms with van der Waals surface area (Å²) in [5, 5.41) is 0. The summed E-state index contributed by atoms with van der Waals surface area (Å²) in [6, 6.07) is 0. The minimum Gasteiger partial charge on any atom is -0.322 e. The van der Waals surface area contributed by atoms with Gasteiger partial charge in [0.25, 0.3) is 0 Å². The molecule has 1 nitrogen and oxygen atoms in total. The van der Waals surface area contributed by atoms with Gasteiger partial charge in [0.05, 0.1) is 0 Å². The molecule has 0 saturated carbocycles. The Labute approximate surface area is 70.7 Å². The van der Waals surface area contributed by atoms with Gasteiger partial charge in [0, 0.05) is 5.54 Å². The van der Waals surface area contributed by atoms with E-state index in [0.29, 0.717) is 5.92 Å². The van der Waals surface area contributed by atoms with Crippen molar-refractivity contribution in [2.24, 2.45) is 11.7 Å². The molecule has 1 atom stereocenters. The molecule has 66 valence electrons. The highest BCUT2D eigenvalue weighted by atomic mass is 14.7. The lowest BCUT2D eigenvalue weighted by Gasteiger charge is -2.28. The predicted octanol–water partition coefficient (Wildman–Crippen LogP) is 2.72. The smallest absolute Gasteiger partial charge is 0.0359 e. The van der Waals surface area contributed by atoms with Gasteiger partial charge in [-0.25, -0.2) is 0 Å². The lowest BCUT2D eigenvalue weighted by molar-refractivity contribution is 0.372. The van der Waals surface area contributed by atoms with E-state index in [-0.39, 0.29) is 5.54 Å². The Bertz CT molecular complexity index is 127. The summed E-state index contributed by atoms with van der Waals surface area (Å²) in [5.74, 6) is 0.523. The van der Waals surface area contributed by atoms with Crippen LogP contribution in [-0.2, 0) is 0 Å². The summed E-state index contributed by atoms with van der Waals surface area (Å²) in [5.41, 5.74) is 6.05. The maximum Gasteiger partial charge on any atom is 0.0359 e. The van der Waals surface area contributed by atoms with E-state index in [9.17, 15) is 0 Å². The van der Waals surface area contributed by atoms with Crippen LogP contribution in [0.3, 0.4) is 0 Å². The highest BCUT2D eigenvalue weighted by Gasteiger charge is 2.22. The summed E-state index contributed by atoms with van der Waals surface area (Å²) in [6.07, 6.45) is 6.40. The maximum atomic E-state index is 6.14. The van der Waals surface area contributed by atoms with Gasteiger partial charge in [-0.15, -0.1) is 0 Å². The fraction of sp³-hybridized carbons (Fsp3) is 0.800. The van der Waals surface area contributed by atoms with E-state index < -0.39 is 0 Å². The van der Waals surface area contributed by atoms with Crippen LogP contribution in [0.25, 0.3) is 0 Å². The summed E-state index contributed by atoms with van der Waals surface area (Å²) < 4.78 is 0. The third-order valence-corrected chi connectivity index (χ3v) is 2.35. The van der Waals surface area contributed by atoms with Crippen molar-refractivity contribution in [1.29, 1.82) is 0 Å². The van der Waals surface area contributed by atoms with Gasteiger partial charge in [-0.3, -0.25) is 0 Å². The van der Waals surface area contributed by atoms with Gasteiger partial charge < -0.3 is 5.73 Å². The quantitative estimate of drug-likeness (QED) is 0.621. The number of allylic oxidation sites excluding steroid dienone is 1. The standard InChI is InChI=1S/C10H21N/c1-5-7-8-10(11,6-2)9(3)4/h7-9H,5-6,11H2,1-4H3. The van der Waals surface area contributed by atoms with Crippen LogP contribution in [-0.4, -0.2) is 5.54 Å². The van der Waals surface area contributed by atoms with Crippen molar-refractivity contribution in [1.82, 2.24) is 0 Å². The molecule has 1 heteroatoms. The lowest BCUT2D eigenvalue weighted by Crippen LogP contribution is -2.42. The molecular formula is C10H21N. The molecule has 0 radical (unpaired) electrons. The van der Waals surface area contributed by atoms with Crippen LogP contribution in [0.2, 0.25) is 0 Å². The van der Waals surface area contributed by atoms with Crippen molar-refractivity contribution in [3.63, 3.8) is 0 Å². The van der Waals surface area contributed by atoms with E-state index in [4.69, 9.17) is 5.73 Å². The topological polar surface area (TPSA) is 26.0 Å². The molecule has 0 fully saturated rings. The van der Waals surface area contributed by atoms with Crippen molar-refractivity contribution < 1.29 is 0 Å². The molecule has 0 rings (SSSR count). The molecule has 0 aliphatic carbocycles. The van der Waals surface area contributed by atoms with Gasteiger partial charge in [-0.1, -0.05) is 39.8 Å². The first-order chi connectivity index (χ1) is 5.06. The minimum atomic E-state index is -0.0873. The van der Waals surface area contributed by atoms with E-state index in [1.807, 2.05) is 0 Å². The van der Waals surface area contributed by atoms with Gasteiger partial charge in [0.1, 0.15) is 0 Å². The monoisotopic (exact) mass is 155 g/mol. The molecule has 0 amide bonds. The van der Waals surface area contributed by atoms with Crippen LogP contribution in [0.15, 0.2) is 12.2 Å². The Hall–Kier alpha value is -0.300. The van der Waals surface area contributed by atoms with Gasteiger partial charge in [0.2, 0.25) is 0 Å². The molecule has 11 heavy (non-hydrogen) atoms. The first-order valence-electron chi connectivity index (χ1n) is 4.53. The SMILES string of the molecule is CCC=CC(N)(CC)C(C)C. The summed E-state index contributed by atoms with van der Waals surface area (Å²) >= 11 is 0. The molecular weight excluding hydrogens is 134 g/mol. The van der Waals surface area contributed by atoms with Crippen LogP contribution in [0.5, 0.6) is 0 Å². The lowest BCUT2D eigenvalue weighted by atomic mass is 9.84. The van der Waals surface area contributed by atoms with Crippen LogP contribution in [0, 0.1) is 5.92 Å². The first-order valence-corrected chi connectivity index (χ1v) is 4.53. The molecule has 0 spiro atoms. The zero-order valence-corrected chi connectivity index (χ0v) is 8.22. The highest BCUT2D eigenvalue weighted by Crippen LogP contribution is 2.19. The second-order valence-corrected chi connectivity index (χ2v) is 3.43. The van der Waals surface area contributed by atoms with Crippen LogP contribution in [0.1, 0.15) is 40.5 Å². The number of hydrogen-bond acceptors (Lipinski definition) is 1. The first kappa shape index (κ1) is 10.7.